The van der Waals surface area contributed by atoms with E-state index in [9.17, 15) is 17.6 Å². The molecule has 2 aliphatic heterocycles. The van der Waals surface area contributed by atoms with Gasteiger partial charge in [-0.05, 0) is 44.4 Å². The molecule has 8 heteroatoms. The number of carbonyl (C=O) groups excluding carboxylic acids is 1. The summed E-state index contributed by atoms with van der Waals surface area (Å²) in [6.45, 7) is 2.70. The van der Waals surface area contributed by atoms with Crippen LogP contribution in [-0.2, 0) is 14.6 Å². The Hall–Kier alpha value is -1.93. The third-order valence-electron chi connectivity index (χ3n) is 5.43. The van der Waals surface area contributed by atoms with Crippen LogP contribution >= 0.6 is 0 Å². The minimum atomic E-state index is -3.15. The first-order valence-corrected chi connectivity index (χ1v) is 11.0. The van der Waals surface area contributed by atoms with Gasteiger partial charge in [0.15, 0.2) is 15.6 Å². The van der Waals surface area contributed by atoms with Crippen molar-refractivity contribution in [3.8, 4) is 0 Å². The fourth-order valence-corrected chi connectivity index (χ4v) is 5.68. The number of carbonyl (C=O) groups is 1. The Kier molecular flexibility index (Phi) is 4.71. The molecule has 1 amide bonds. The third-order valence-corrected chi connectivity index (χ3v) is 7.18. The van der Waals surface area contributed by atoms with Gasteiger partial charge in [-0.1, -0.05) is 0 Å². The Morgan fingerprint density at radius 2 is 2.15 bits per heavy atom. The molecule has 0 N–H and O–H groups in total. The van der Waals surface area contributed by atoms with Gasteiger partial charge in [-0.3, -0.25) is 4.79 Å². The molecule has 3 heterocycles. The van der Waals surface area contributed by atoms with Gasteiger partial charge in [-0.2, -0.15) is 0 Å². The summed E-state index contributed by atoms with van der Waals surface area (Å²) in [6.07, 6.45) is 2.08. The van der Waals surface area contributed by atoms with Crippen LogP contribution < -0.4 is 0 Å². The first-order chi connectivity index (χ1) is 12.8. The van der Waals surface area contributed by atoms with E-state index in [0.29, 0.717) is 36.1 Å². The van der Waals surface area contributed by atoms with Crippen molar-refractivity contribution in [2.75, 3.05) is 24.7 Å². The fourth-order valence-electron chi connectivity index (χ4n) is 3.95. The van der Waals surface area contributed by atoms with Crippen LogP contribution in [0.15, 0.2) is 22.6 Å². The lowest BCUT2D eigenvalue weighted by Gasteiger charge is -2.30. The van der Waals surface area contributed by atoms with Crippen LogP contribution in [0.1, 0.15) is 35.4 Å². The minimum Gasteiger partial charge on any atom is -0.451 e. The van der Waals surface area contributed by atoms with Crippen LogP contribution in [0.2, 0.25) is 0 Å². The molecule has 2 aliphatic rings. The Morgan fingerprint density at radius 3 is 2.81 bits per heavy atom. The summed E-state index contributed by atoms with van der Waals surface area (Å²) in [7, 11) is -3.15. The quantitative estimate of drug-likeness (QED) is 0.796. The predicted octanol–water partition coefficient (Wildman–Crippen LogP) is 2.69. The van der Waals surface area contributed by atoms with Crippen LogP contribution in [0.25, 0.3) is 11.0 Å². The van der Waals surface area contributed by atoms with E-state index in [0.717, 1.165) is 12.8 Å². The van der Waals surface area contributed by atoms with E-state index in [2.05, 4.69) is 0 Å². The molecule has 146 valence electrons. The van der Waals surface area contributed by atoms with Gasteiger partial charge in [0.2, 0.25) is 0 Å². The summed E-state index contributed by atoms with van der Waals surface area (Å²) < 4.78 is 48.9. The largest absolute Gasteiger partial charge is 0.451 e. The van der Waals surface area contributed by atoms with Crippen molar-refractivity contribution in [2.24, 2.45) is 0 Å². The van der Waals surface area contributed by atoms with E-state index in [-0.39, 0.29) is 29.3 Å². The van der Waals surface area contributed by atoms with Gasteiger partial charge in [0, 0.05) is 30.1 Å². The molecule has 2 saturated heterocycles. The van der Waals surface area contributed by atoms with Crippen molar-refractivity contribution in [3.05, 3.63) is 35.3 Å². The number of amides is 1. The zero-order chi connectivity index (χ0) is 19.2. The Labute approximate surface area is 157 Å². The zero-order valence-electron chi connectivity index (χ0n) is 15.1. The highest BCUT2D eigenvalue weighted by Gasteiger charge is 2.38. The second kappa shape index (κ2) is 6.91. The molecule has 0 spiro atoms. The maximum Gasteiger partial charge on any atom is 0.290 e. The molecular formula is C19H22FNO5S. The molecule has 1 aromatic heterocycles. The number of halogens is 1. The summed E-state index contributed by atoms with van der Waals surface area (Å²) >= 11 is 0. The van der Waals surface area contributed by atoms with Gasteiger partial charge in [-0.25, -0.2) is 12.8 Å². The number of fused-ring (bicyclic) bond motifs is 1. The number of ether oxygens (including phenoxy) is 1. The Balaban J connectivity index is 1.68. The highest BCUT2D eigenvalue weighted by Crippen LogP contribution is 2.29. The lowest BCUT2D eigenvalue weighted by atomic mass is 10.1. The first-order valence-electron chi connectivity index (χ1n) is 9.16. The van der Waals surface area contributed by atoms with E-state index in [1.165, 1.54) is 18.2 Å². The zero-order valence-corrected chi connectivity index (χ0v) is 15.9. The highest BCUT2D eigenvalue weighted by molar-refractivity contribution is 7.91. The second-order valence-corrected chi connectivity index (χ2v) is 9.57. The SMILES string of the molecule is Cc1c(C(=O)N(C[C@@H]2CCCO2)[C@@H]2CCS(=O)(=O)C2)oc2ccc(F)cc12. The number of nitrogens with zero attached hydrogens (tertiary/aromatic N) is 1. The number of benzene rings is 1. The molecule has 2 fully saturated rings. The van der Waals surface area contributed by atoms with Gasteiger partial charge >= 0.3 is 0 Å². The topological polar surface area (TPSA) is 76.8 Å². The first kappa shape index (κ1) is 18.4. The molecule has 2 aromatic rings. The van der Waals surface area contributed by atoms with E-state index >= 15 is 0 Å². The fraction of sp³-hybridized carbons (Fsp3) is 0.526. The van der Waals surface area contributed by atoms with Crippen LogP contribution in [0.4, 0.5) is 4.39 Å². The van der Waals surface area contributed by atoms with Crippen molar-refractivity contribution >= 4 is 26.7 Å². The molecule has 2 atom stereocenters. The van der Waals surface area contributed by atoms with Crippen LogP contribution in [-0.4, -0.2) is 56.0 Å². The molecule has 1 aromatic carbocycles. The number of furan rings is 1. The molecular weight excluding hydrogens is 373 g/mol. The molecule has 0 unspecified atom stereocenters. The summed E-state index contributed by atoms with van der Waals surface area (Å²) in [5, 5.41) is 0.550. The molecule has 6 nitrogen and oxygen atoms in total. The van der Waals surface area contributed by atoms with E-state index in [1.807, 2.05) is 0 Å². The van der Waals surface area contributed by atoms with E-state index in [1.54, 1.807) is 11.8 Å². The van der Waals surface area contributed by atoms with Crippen molar-refractivity contribution in [1.82, 2.24) is 4.90 Å². The third kappa shape index (κ3) is 3.60. The molecule has 0 bridgehead atoms. The van der Waals surface area contributed by atoms with Gasteiger partial charge in [0.1, 0.15) is 11.4 Å². The summed E-state index contributed by atoms with van der Waals surface area (Å²) in [5.74, 6) is -0.584. The van der Waals surface area contributed by atoms with E-state index in [4.69, 9.17) is 9.15 Å². The maximum absolute atomic E-state index is 13.6. The maximum atomic E-state index is 13.6. The van der Waals surface area contributed by atoms with Crippen LogP contribution in [0, 0.1) is 12.7 Å². The number of sulfone groups is 1. The van der Waals surface area contributed by atoms with Crippen molar-refractivity contribution < 1.29 is 26.8 Å². The highest BCUT2D eigenvalue weighted by atomic mass is 32.2. The van der Waals surface area contributed by atoms with Gasteiger partial charge < -0.3 is 14.1 Å². The molecule has 4 rings (SSSR count). The van der Waals surface area contributed by atoms with Crippen LogP contribution in [0.5, 0.6) is 0 Å². The standard InChI is InChI=1S/C19H22FNO5S/c1-12-16-9-13(20)4-5-17(16)26-18(12)19(22)21(10-15-3-2-7-25-15)14-6-8-27(23,24)11-14/h4-5,9,14-15H,2-3,6-8,10-11H2,1H3/t14-,15+/m1/s1. The van der Waals surface area contributed by atoms with Gasteiger partial charge in [-0.15, -0.1) is 0 Å². The lowest BCUT2D eigenvalue weighted by Crippen LogP contribution is -2.45. The monoisotopic (exact) mass is 395 g/mol. The second-order valence-electron chi connectivity index (χ2n) is 7.35. The molecule has 27 heavy (non-hydrogen) atoms. The smallest absolute Gasteiger partial charge is 0.290 e. The van der Waals surface area contributed by atoms with Gasteiger partial charge in [0.05, 0.1) is 17.6 Å². The number of aryl methyl sites for hydroxylation is 1. The average Bonchev–Trinajstić information content (AvgIpc) is 3.33. The molecule has 0 saturated carbocycles. The molecule has 0 radical (unpaired) electrons. The van der Waals surface area contributed by atoms with Crippen LogP contribution in [0.3, 0.4) is 0 Å². The number of hydrogen-bond acceptors (Lipinski definition) is 5. The number of hydrogen-bond donors (Lipinski definition) is 0. The summed E-state index contributed by atoms with van der Waals surface area (Å²) in [4.78, 5) is 14.9. The predicted molar refractivity (Wildman–Crippen MR) is 98.0 cm³/mol. The Bertz CT molecular complexity index is 977. The minimum absolute atomic E-state index is 0.0423. The lowest BCUT2D eigenvalue weighted by molar-refractivity contribution is 0.0419. The number of rotatable bonds is 4. The van der Waals surface area contributed by atoms with Crippen molar-refractivity contribution in [1.29, 1.82) is 0 Å². The normalized spacial score (nSPS) is 24.5. The summed E-state index contributed by atoms with van der Waals surface area (Å²) in [6, 6.07) is 3.73. The Morgan fingerprint density at radius 1 is 1.33 bits per heavy atom. The van der Waals surface area contributed by atoms with E-state index < -0.39 is 21.7 Å². The summed E-state index contributed by atoms with van der Waals surface area (Å²) in [5.41, 5.74) is 1.00. The van der Waals surface area contributed by atoms with Gasteiger partial charge in [0.25, 0.3) is 5.91 Å². The average molecular weight is 395 g/mol. The molecule has 0 aliphatic carbocycles. The van der Waals surface area contributed by atoms with Crippen molar-refractivity contribution in [2.45, 2.75) is 38.3 Å². The van der Waals surface area contributed by atoms with Crippen molar-refractivity contribution in [3.63, 3.8) is 0 Å².